The summed E-state index contributed by atoms with van der Waals surface area (Å²) < 4.78 is 5.04. The SMILES string of the molecule is Cc1noc(C)c1CC(=O)N(CCC(=O)O)C(C)(C)C. The van der Waals surface area contributed by atoms with Gasteiger partial charge < -0.3 is 14.5 Å². The van der Waals surface area contributed by atoms with E-state index in [9.17, 15) is 9.59 Å². The van der Waals surface area contributed by atoms with Gasteiger partial charge in [0.2, 0.25) is 5.91 Å². The highest BCUT2D eigenvalue weighted by Crippen LogP contribution is 2.19. The molecule has 0 aliphatic heterocycles. The highest BCUT2D eigenvalue weighted by molar-refractivity contribution is 5.80. The van der Waals surface area contributed by atoms with Crippen LogP contribution >= 0.6 is 0 Å². The lowest BCUT2D eigenvalue weighted by Crippen LogP contribution is -2.47. The molecule has 0 aliphatic rings. The third-order valence-corrected chi connectivity index (χ3v) is 3.17. The van der Waals surface area contributed by atoms with Crippen molar-refractivity contribution in [1.82, 2.24) is 10.1 Å². The molecule has 6 heteroatoms. The molecule has 0 spiro atoms. The molecule has 112 valence electrons. The summed E-state index contributed by atoms with van der Waals surface area (Å²) in [5.74, 6) is -0.402. The number of carbonyl (C=O) groups excluding carboxylic acids is 1. The lowest BCUT2D eigenvalue weighted by Gasteiger charge is -2.35. The molecule has 0 fully saturated rings. The number of carboxylic acid groups (broad SMARTS) is 1. The van der Waals surface area contributed by atoms with Crippen molar-refractivity contribution >= 4 is 11.9 Å². The molecule has 20 heavy (non-hydrogen) atoms. The molecule has 0 unspecified atom stereocenters. The topological polar surface area (TPSA) is 83.6 Å². The second-order valence-electron chi connectivity index (χ2n) is 5.84. The average Bonchev–Trinajstić information content (AvgIpc) is 2.58. The van der Waals surface area contributed by atoms with Gasteiger partial charge in [0, 0.05) is 17.6 Å². The summed E-state index contributed by atoms with van der Waals surface area (Å²) in [5, 5.41) is 12.6. The van der Waals surface area contributed by atoms with Crippen LogP contribution in [0.1, 0.15) is 44.2 Å². The Morgan fingerprint density at radius 1 is 1.30 bits per heavy atom. The first-order chi connectivity index (χ1) is 9.12. The minimum Gasteiger partial charge on any atom is -0.481 e. The standard InChI is InChI=1S/C14H22N2O4/c1-9-11(10(2)20-15-9)8-12(17)16(14(3,4)5)7-6-13(18)19/h6-8H2,1-5H3,(H,18,19). The quantitative estimate of drug-likeness (QED) is 0.892. The number of amides is 1. The van der Waals surface area contributed by atoms with Crippen molar-refractivity contribution in [2.75, 3.05) is 6.54 Å². The van der Waals surface area contributed by atoms with Crippen LogP contribution in [0.3, 0.4) is 0 Å². The van der Waals surface area contributed by atoms with Crippen molar-refractivity contribution in [1.29, 1.82) is 0 Å². The van der Waals surface area contributed by atoms with E-state index < -0.39 is 11.5 Å². The van der Waals surface area contributed by atoms with Crippen molar-refractivity contribution in [3.63, 3.8) is 0 Å². The van der Waals surface area contributed by atoms with Crippen molar-refractivity contribution in [3.05, 3.63) is 17.0 Å². The number of carbonyl (C=O) groups is 2. The number of aromatic nitrogens is 1. The Hall–Kier alpha value is -1.85. The third-order valence-electron chi connectivity index (χ3n) is 3.17. The summed E-state index contributed by atoms with van der Waals surface area (Å²) >= 11 is 0. The maximum absolute atomic E-state index is 12.4. The first-order valence-corrected chi connectivity index (χ1v) is 6.57. The van der Waals surface area contributed by atoms with Crippen LogP contribution in [0.15, 0.2) is 4.52 Å². The van der Waals surface area contributed by atoms with Crippen LogP contribution in [-0.2, 0) is 16.0 Å². The molecule has 0 atom stereocenters. The van der Waals surface area contributed by atoms with Gasteiger partial charge >= 0.3 is 5.97 Å². The highest BCUT2D eigenvalue weighted by atomic mass is 16.5. The lowest BCUT2D eigenvalue weighted by molar-refractivity contribution is -0.140. The van der Waals surface area contributed by atoms with E-state index in [4.69, 9.17) is 9.63 Å². The van der Waals surface area contributed by atoms with Crippen LogP contribution in [0.4, 0.5) is 0 Å². The van der Waals surface area contributed by atoms with Crippen LogP contribution in [0.25, 0.3) is 0 Å². The van der Waals surface area contributed by atoms with Gasteiger partial charge in [-0.05, 0) is 34.6 Å². The summed E-state index contributed by atoms with van der Waals surface area (Å²) in [7, 11) is 0. The van der Waals surface area contributed by atoms with Crippen molar-refractivity contribution in [3.8, 4) is 0 Å². The number of aryl methyl sites for hydroxylation is 2. The predicted octanol–water partition coefficient (Wildman–Crippen LogP) is 1.94. The largest absolute Gasteiger partial charge is 0.481 e. The monoisotopic (exact) mass is 282 g/mol. The van der Waals surface area contributed by atoms with E-state index in [1.807, 2.05) is 20.8 Å². The first-order valence-electron chi connectivity index (χ1n) is 6.57. The Labute approximate surface area is 118 Å². The van der Waals surface area contributed by atoms with E-state index in [2.05, 4.69) is 5.16 Å². The number of rotatable bonds is 5. The van der Waals surface area contributed by atoms with Gasteiger partial charge in [-0.15, -0.1) is 0 Å². The zero-order valence-electron chi connectivity index (χ0n) is 12.7. The number of hydrogen-bond acceptors (Lipinski definition) is 4. The molecule has 1 heterocycles. The Bertz CT molecular complexity index is 480. The molecule has 0 aliphatic carbocycles. The number of aliphatic carboxylic acids is 1. The van der Waals surface area contributed by atoms with E-state index in [-0.39, 0.29) is 25.3 Å². The molecule has 0 saturated carbocycles. The average molecular weight is 282 g/mol. The van der Waals surface area contributed by atoms with Gasteiger partial charge in [0.1, 0.15) is 5.76 Å². The van der Waals surface area contributed by atoms with Gasteiger partial charge in [0.05, 0.1) is 18.5 Å². The summed E-state index contributed by atoms with van der Waals surface area (Å²) in [6, 6.07) is 0. The summed E-state index contributed by atoms with van der Waals surface area (Å²) in [4.78, 5) is 24.7. The van der Waals surface area contributed by atoms with Crippen molar-refractivity contribution in [2.45, 2.75) is 53.0 Å². The Morgan fingerprint density at radius 3 is 2.30 bits per heavy atom. The minimum absolute atomic E-state index is 0.0649. The van der Waals surface area contributed by atoms with Gasteiger partial charge in [-0.25, -0.2) is 0 Å². The molecule has 0 saturated heterocycles. The molecule has 1 N–H and O–H groups in total. The Balaban J connectivity index is 2.86. The van der Waals surface area contributed by atoms with E-state index in [0.29, 0.717) is 11.5 Å². The predicted molar refractivity (Wildman–Crippen MR) is 73.4 cm³/mol. The van der Waals surface area contributed by atoms with Crippen molar-refractivity contribution in [2.24, 2.45) is 0 Å². The van der Waals surface area contributed by atoms with Gasteiger partial charge in [-0.3, -0.25) is 9.59 Å². The van der Waals surface area contributed by atoms with E-state index in [1.54, 1.807) is 18.7 Å². The molecule has 1 rings (SSSR count). The molecule has 0 bridgehead atoms. The second-order valence-corrected chi connectivity index (χ2v) is 5.84. The lowest BCUT2D eigenvalue weighted by atomic mass is 10.0. The van der Waals surface area contributed by atoms with Gasteiger partial charge in [0.15, 0.2) is 0 Å². The second kappa shape index (κ2) is 6.07. The molecule has 1 aromatic rings. The molecule has 1 aromatic heterocycles. The van der Waals surface area contributed by atoms with Gasteiger partial charge in [-0.1, -0.05) is 5.16 Å². The van der Waals surface area contributed by atoms with E-state index in [0.717, 1.165) is 5.56 Å². The van der Waals surface area contributed by atoms with Crippen LogP contribution in [0.2, 0.25) is 0 Å². The zero-order valence-corrected chi connectivity index (χ0v) is 12.7. The van der Waals surface area contributed by atoms with Crippen LogP contribution in [0, 0.1) is 13.8 Å². The molecule has 6 nitrogen and oxygen atoms in total. The minimum atomic E-state index is -0.913. The smallest absolute Gasteiger partial charge is 0.305 e. The summed E-state index contributed by atoms with van der Waals surface area (Å²) in [6.07, 6.45) is 0.114. The Morgan fingerprint density at radius 2 is 1.90 bits per heavy atom. The number of carboxylic acids is 1. The fraction of sp³-hybridized carbons (Fsp3) is 0.643. The fourth-order valence-electron chi connectivity index (χ4n) is 2.04. The maximum Gasteiger partial charge on any atom is 0.305 e. The molecule has 1 amide bonds. The number of hydrogen-bond donors (Lipinski definition) is 1. The molecular formula is C14H22N2O4. The van der Waals surface area contributed by atoms with Crippen molar-refractivity contribution < 1.29 is 19.2 Å². The van der Waals surface area contributed by atoms with Crippen LogP contribution < -0.4 is 0 Å². The number of nitrogens with zero attached hydrogens (tertiary/aromatic N) is 2. The highest BCUT2D eigenvalue weighted by Gasteiger charge is 2.28. The Kier molecular flexibility index (Phi) is 4.92. The van der Waals surface area contributed by atoms with Gasteiger partial charge in [-0.2, -0.15) is 0 Å². The first kappa shape index (κ1) is 16.2. The molecule has 0 aromatic carbocycles. The van der Waals surface area contributed by atoms with E-state index >= 15 is 0 Å². The summed E-state index contributed by atoms with van der Waals surface area (Å²) in [6.45, 7) is 9.42. The third kappa shape index (κ3) is 4.08. The zero-order chi connectivity index (χ0) is 15.5. The summed E-state index contributed by atoms with van der Waals surface area (Å²) in [5.41, 5.74) is 1.05. The molecular weight excluding hydrogens is 260 g/mol. The fourth-order valence-corrected chi connectivity index (χ4v) is 2.04. The van der Waals surface area contributed by atoms with E-state index in [1.165, 1.54) is 0 Å². The maximum atomic E-state index is 12.4. The molecule has 0 radical (unpaired) electrons. The normalized spacial score (nSPS) is 11.4. The van der Waals surface area contributed by atoms with Crippen LogP contribution in [-0.4, -0.2) is 39.1 Å². The van der Waals surface area contributed by atoms with Gasteiger partial charge in [0.25, 0.3) is 0 Å². The van der Waals surface area contributed by atoms with Crippen LogP contribution in [0.5, 0.6) is 0 Å².